The molecule has 0 bridgehead atoms. The van der Waals surface area contributed by atoms with Gasteiger partial charge < -0.3 is 24.6 Å². The van der Waals surface area contributed by atoms with Gasteiger partial charge in [0.15, 0.2) is 5.16 Å². The van der Waals surface area contributed by atoms with Crippen LogP contribution in [0.2, 0.25) is 5.02 Å². The Morgan fingerprint density at radius 2 is 1.68 bits per heavy atom. The smallest absolute Gasteiger partial charge is 0.276 e. The lowest BCUT2D eigenvalue weighted by atomic mass is 9.94. The number of methoxy groups -OCH3 is 3. The zero-order chi connectivity index (χ0) is 29.1. The fraction of sp³-hybridized carbons (Fsp3) is 0.233. The van der Waals surface area contributed by atoms with Crippen LogP contribution in [0, 0.1) is 0 Å². The molecule has 4 aromatic rings. The van der Waals surface area contributed by atoms with Gasteiger partial charge in [-0.15, -0.1) is 0 Å². The first-order valence-corrected chi connectivity index (χ1v) is 14.3. The summed E-state index contributed by atoms with van der Waals surface area (Å²) in [5.74, 6) is 1.82. The second-order valence-corrected chi connectivity index (χ2v) is 10.4. The Hall–Kier alpha value is -3.99. The number of carbonyl (C=O) groups excluding carboxylic acids is 1. The maximum absolute atomic E-state index is 14.0. The molecule has 1 aliphatic heterocycles. The van der Waals surface area contributed by atoms with Crippen LogP contribution in [0.1, 0.15) is 32.7 Å². The lowest BCUT2D eigenvalue weighted by molar-refractivity contribution is -0.0539. The van der Waals surface area contributed by atoms with E-state index in [1.807, 2.05) is 30.5 Å². The van der Waals surface area contributed by atoms with Crippen LogP contribution in [0.5, 0.6) is 17.2 Å². The number of ether oxygens (including phenoxy) is 3. The van der Waals surface area contributed by atoms with Crippen molar-refractivity contribution in [1.82, 2.24) is 14.9 Å². The fourth-order valence-electron chi connectivity index (χ4n) is 4.85. The highest BCUT2D eigenvalue weighted by Gasteiger charge is 2.54. The van der Waals surface area contributed by atoms with E-state index in [4.69, 9.17) is 30.8 Å². The van der Waals surface area contributed by atoms with Crippen molar-refractivity contribution in [3.8, 4) is 17.2 Å². The summed E-state index contributed by atoms with van der Waals surface area (Å²) >= 11 is 7.96. The van der Waals surface area contributed by atoms with E-state index in [1.165, 1.54) is 16.7 Å². The number of carbonyl (C=O) groups is 1. The van der Waals surface area contributed by atoms with Crippen LogP contribution < -0.4 is 19.5 Å². The summed E-state index contributed by atoms with van der Waals surface area (Å²) in [5.41, 5.74) is 0.320. The number of benzene rings is 3. The number of rotatable bonds is 10. The molecule has 1 aromatic heterocycles. The van der Waals surface area contributed by atoms with Gasteiger partial charge in [0, 0.05) is 35.3 Å². The van der Waals surface area contributed by atoms with Crippen molar-refractivity contribution >= 4 is 35.1 Å². The second-order valence-electron chi connectivity index (χ2n) is 9.21. The fourth-order valence-corrected chi connectivity index (χ4v) is 5.49. The Kier molecular flexibility index (Phi) is 8.25. The van der Waals surface area contributed by atoms with E-state index in [0.717, 1.165) is 11.1 Å². The van der Waals surface area contributed by atoms with Crippen molar-refractivity contribution in [3.05, 3.63) is 99.7 Å². The number of fused-ring (bicyclic) bond motifs is 1. The SMILES string of the molecule is COc1ccc(CN2C(=O)c3nc(SC)nc(NCc4ccc(OC)cc4OC)c3C2(O)c2ccccc2Cl)cc1. The topological polar surface area (TPSA) is 106 Å². The van der Waals surface area contributed by atoms with E-state index in [-0.39, 0.29) is 24.3 Å². The van der Waals surface area contributed by atoms with Crippen LogP contribution in [0.3, 0.4) is 0 Å². The summed E-state index contributed by atoms with van der Waals surface area (Å²) in [6.45, 7) is 0.372. The molecule has 0 aliphatic carbocycles. The number of halogens is 1. The zero-order valence-electron chi connectivity index (χ0n) is 23.0. The molecule has 212 valence electrons. The third-order valence-electron chi connectivity index (χ3n) is 6.95. The van der Waals surface area contributed by atoms with Crippen LogP contribution in [-0.2, 0) is 18.8 Å². The van der Waals surface area contributed by atoms with Gasteiger partial charge in [0.1, 0.15) is 28.8 Å². The lowest BCUT2D eigenvalue weighted by Crippen LogP contribution is -2.44. The number of anilines is 1. The van der Waals surface area contributed by atoms with Crippen molar-refractivity contribution in [2.75, 3.05) is 32.9 Å². The van der Waals surface area contributed by atoms with Gasteiger partial charge in [-0.3, -0.25) is 9.69 Å². The number of amides is 1. The molecule has 0 radical (unpaired) electrons. The molecule has 3 aromatic carbocycles. The van der Waals surface area contributed by atoms with Gasteiger partial charge in [-0.2, -0.15) is 0 Å². The summed E-state index contributed by atoms with van der Waals surface area (Å²) in [6, 6.07) is 19.7. The molecule has 1 amide bonds. The maximum Gasteiger partial charge on any atom is 0.276 e. The minimum atomic E-state index is -1.96. The number of hydrogen-bond donors (Lipinski definition) is 2. The van der Waals surface area contributed by atoms with E-state index in [1.54, 1.807) is 63.8 Å². The van der Waals surface area contributed by atoms with Crippen molar-refractivity contribution in [2.45, 2.75) is 24.0 Å². The first kappa shape index (κ1) is 28.5. The van der Waals surface area contributed by atoms with E-state index >= 15 is 0 Å². The molecule has 9 nitrogen and oxygen atoms in total. The summed E-state index contributed by atoms with van der Waals surface area (Å²) in [4.78, 5) is 24.6. The van der Waals surface area contributed by atoms with Crippen molar-refractivity contribution < 1.29 is 24.1 Å². The highest BCUT2D eigenvalue weighted by molar-refractivity contribution is 7.98. The molecule has 5 rings (SSSR count). The van der Waals surface area contributed by atoms with E-state index in [0.29, 0.717) is 38.8 Å². The maximum atomic E-state index is 14.0. The number of hydrogen-bond acceptors (Lipinski definition) is 9. The summed E-state index contributed by atoms with van der Waals surface area (Å²) < 4.78 is 16.2. The Labute approximate surface area is 247 Å². The van der Waals surface area contributed by atoms with Crippen molar-refractivity contribution in [2.24, 2.45) is 0 Å². The Morgan fingerprint density at radius 1 is 0.976 bits per heavy atom. The average Bonchev–Trinajstić information content (AvgIpc) is 3.22. The molecule has 2 heterocycles. The molecule has 1 aliphatic rings. The van der Waals surface area contributed by atoms with Gasteiger partial charge in [-0.1, -0.05) is 53.7 Å². The highest BCUT2D eigenvalue weighted by Crippen LogP contribution is 2.48. The van der Waals surface area contributed by atoms with Gasteiger partial charge in [-0.25, -0.2) is 9.97 Å². The Bertz CT molecular complexity index is 1590. The highest BCUT2D eigenvalue weighted by atomic mass is 35.5. The van der Waals surface area contributed by atoms with Gasteiger partial charge in [0.25, 0.3) is 5.91 Å². The summed E-state index contributed by atoms with van der Waals surface area (Å²) in [6.07, 6.45) is 1.83. The van der Waals surface area contributed by atoms with Crippen LogP contribution >= 0.6 is 23.4 Å². The molecule has 41 heavy (non-hydrogen) atoms. The van der Waals surface area contributed by atoms with Crippen molar-refractivity contribution in [1.29, 1.82) is 0 Å². The van der Waals surface area contributed by atoms with Crippen LogP contribution in [0.15, 0.2) is 71.9 Å². The summed E-state index contributed by atoms with van der Waals surface area (Å²) in [5, 5.41) is 16.6. The van der Waals surface area contributed by atoms with Crippen LogP contribution in [0.4, 0.5) is 5.82 Å². The van der Waals surface area contributed by atoms with Gasteiger partial charge in [-0.05, 0) is 42.2 Å². The molecule has 1 unspecified atom stereocenters. The molecule has 1 atom stereocenters. The number of aromatic nitrogens is 2. The van der Waals surface area contributed by atoms with Crippen LogP contribution in [-0.4, -0.2) is 53.5 Å². The first-order valence-electron chi connectivity index (χ1n) is 12.7. The van der Waals surface area contributed by atoms with Crippen LogP contribution in [0.25, 0.3) is 0 Å². The van der Waals surface area contributed by atoms with E-state index in [9.17, 15) is 9.90 Å². The summed E-state index contributed by atoms with van der Waals surface area (Å²) in [7, 11) is 4.76. The number of nitrogens with zero attached hydrogens (tertiary/aromatic N) is 3. The molecular weight excluding hydrogens is 564 g/mol. The number of thioether (sulfide) groups is 1. The Morgan fingerprint density at radius 3 is 2.34 bits per heavy atom. The standard InChI is InChI=1S/C30H29ClN4O5S/c1-38-20-12-9-18(10-13-20)17-35-28(36)26-25(30(35,37)22-7-5-6-8-23(22)31)27(34-29(33-26)41-4)32-16-19-11-14-21(39-2)15-24(19)40-3/h5-15,37H,16-17H2,1-4H3,(H,32,33,34). The quantitative estimate of drug-likeness (QED) is 0.186. The molecule has 0 spiro atoms. The minimum Gasteiger partial charge on any atom is -0.497 e. The zero-order valence-corrected chi connectivity index (χ0v) is 24.5. The third kappa shape index (κ3) is 5.26. The number of nitrogens with one attached hydrogen (secondary N) is 1. The molecule has 0 fully saturated rings. The van der Waals surface area contributed by atoms with Gasteiger partial charge >= 0.3 is 0 Å². The predicted molar refractivity (Wildman–Crippen MR) is 158 cm³/mol. The third-order valence-corrected chi connectivity index (χ3v) is 7.83. The van der Waals surface area contributed by atoms with Gasteiger partial charge in [0.05, 0.1) is 26.9 Å². The average molecular weight is 593 g/mol. The molecule has 0 saturated heterocycles. The Balaban J connectivity index is 1.63. The minimum absolute atomic E-state index is 0.0846. The second kappa shape index (κ2) is 11.9. The number of aliphatic hydroxyl groups is 1. The normalized spacial score (nSPS) is 16.0. The van der Waals surface area contributed by atoms with E-state index in [2.05, 4.69) is 10.3 Å². The molecule has 0 saturated carbocycles. The first-order chi connectivity index (χ1) is 19.8. The molecular formula is C30H29ClN4O5S. The molecule has 2 N–H and O–H groups in total. The van der Waals surface area contributed by atoms with Gasteiger partial charge in [0.2, 0.25) is 5.72 Å². The van der Waals surface area contributed by atoms with Crippen molar-refractivity contribution in [3.63, 3.8) is 0 Å². The monoisotopic (exact) mass is 592 g/mol. The molecule has 11 heteroatoms. The lowest BCUT2D eigenvalue weighted by Gasteiger charge is -2.35. The van der Waals surface area contributed by atoms with E-state index < -0.39 is 11.6 Å². The largest absolute Gasteiger partial charge is 0.497 e. The predicted octanol–water partition coefficient (Wildman–Crippen LogP) is 5.34.